The molecule has 1 saturated heterocycles. The maximum absolute atomic E-state index is 12.8. The van der Waals surface area contributed by atoms with Gasteiger partial charge in [-0.15, -0.1) is 0 Å². The summed E-state index contributed by atoms with van der Waals surface area (Å²) in [4.78, 5) is 26.9. The van der Waals surface area contributed by atoms with Crippen molar-refractivity contribution in [3.63, 3.8) is 0 Å². The minimum Gasteiger partial charge on any atom is -0.490 e. The summed E-state index contributed by atoms with van der Waals surface area (Å²) in [6.45, 7) is 5.24. The van der Waals surface area contributed by atoms with Crippen molar-refractivity contribution >= 4 is 60.8 Å². The third-order valence-corrected chi connectivity index (χ3v) is 6.23. The van der Waals surface area contributed by atoms with E-state index >= 15 is 0 Å². The molecule has 0 unspecified atom stereocenters. The molecule has 8 heteroatoms. The Bertz CT molecular complexity index is 976. The van der Waals surface area contributed by atoms with Crippen LogP contribution in [-0.4, -0.2) is 29.3 Å². The number of hydrogen-bond acceptors (Lipinski definition) is 5. The number of ether oxygens (including phenoxy) is 2. The van der Waals surface area contributed by atoms with E-state index in [4.69, 9.17) is 9.47 Å². The lowest BCUT2D eigenvalue weighted by Crippen LogP contribution is -2.27. The van der Waals surface area contributed by atoms with E-state index in [1.807, 2.05) is 50.2 Å². The number of benzene rings is 2. The molecule has 1 aliphatic heterocycles. The molecular formula is C22H21Br2NO4S. The molecule has 2 aromatic carbocycles. The number of halogens is 2. The summed E-state index contributed by atoms with van der Waals surface area (Å²) in [5.74, 6) is 0.938. The first-order valence-electron chi connectivity index (χ1n) is 9.51. The van der Waals surface area contributed by atoms with Gasteiger partial charge in [-0.1, -0.05) is 35.0 Å². The summed E-state index contributed by atoms with van der Waals surface area (Å²) in [6, 6.07) is 11.2. The highest BCUT2D eigenvalue weighted by Crippen LogP contribution is 2.39. The largest absolute Gasteiger partial charge is 0.490 e. The zero-order valence-corrected chi connectivity index (χ0v) is 20.6. The van der Waals surface area contributed by atoms with Crippen molar-refractivity contribution in [3.05, 3.63) is 61.4 Å². The zero-order chi connectivity index (χ0) is 21.7. The first-order chi connectivity index (χ1) is 14.4. The predicted molar refractivity (Wildman–Crippen MR) is 127 cm³/mol. The highest BCUT2D eigenvalue weighted by Gasteiger charge is 2.35. The summed E-state index contributed by atoms with van der Waals surface area (Å²) in [5.41, 5.74) is 1.64. The molecule has 0 atom stereocenters. The van der Waals surface area contributed by atoms with E-state index in [1.54, 1.807) is 6.08 Å². The number of imide groups is 1. The fraction of sp³-hybridized carbons (Fsp3) is 0.273. The second-order valence-corrected chi connectivity index (χ2v) is 9.27. The molecule has 1 aliphatic rings. The number of thioether (sulfide) groups is 1. The first kappa shape index (κ1) is 22.9. The molecule has 2 amide bonds. The maximum Gasteiger partial charge on any atom is 0.293 e. The Balaban J connectivity index is 1.84. The second-order valence-electron chi connectivity index (χ2n) is 6.51. The van der Waals surface area contributed by atoms with Gasteiger partial charge in [-0.2, -0.15) is 0 Å². The van der Waals surface area contributed by atoms with Crippen LogP contribution in [0.15, 0.2) is 50.2 Å². The van der Waals surface area contributed by atoms with E-state index in [0.717, 1.165) is 38.3 Å². The molecule has 3 rings (SSSR count). The minimum atomic E-state index is -0.298. The van der Waals surface area contributed by atoms with Gasteiger partial charge < -0.3 is 9.47 Å². The Labute approximate surface area is 197 Å². The standard InChI is InChI=1S/C22H21Br2NO4S/c1-3-9-29-20-17(24)10-15(11-18(20)28-4-2)12-19-21(26)25(22(27)30-19)13-14-5-7-16(23)8-6-14/h5-8,10-12H,3-4,9,13H2,1-2H3/b19-12-. The van der Waals surface area contributed by atoms with Gasteiger partial charge in [0.15, 0.2) is 11.5 Å². The number of nitrogens with zero attached hydrogens (tertiary/aromatic N) is 1. The lowest BCUT2D eigenvalue weighted by Gasteiger charge is -2.14. The number of amides is 2. The van der Waals surface area contributed by atoms with Crippen LogP contribution in [-0.2, 0) is 11.3 Å². The average Bonchev–Trinajstić information content (AvgIpc) is 2.96. The van der Waals surface area contributed by atoms with Crippen molar-refractivity contribution in [2.24, 2.45) is 0 Å². The quantitative estimate of drug-likeness (QED) is 0.342. The molecule has 0 N–H and O–H groups in total. The van der Waals surface area contributed by atoms with Crippen molar-refractivity contribution < 1.29 is 19.1 Å². The molecule has 0 spiro atoms. The average molecular weight is 555 g/mol. The molecule has 158 valence electrons. The van der Waals surface area contributed by atoms with Crippen LogP contribution in [0.3, 0.4) is 0 Å². The van der Waals surface area contributed by atoms with E-state index < -0.39 is 0 Å². The van der Waals surface area contributed by atoms with E-state index in [2.05, 4.69) is 31.9 Å². The van der Waals surface area contributed by atoms with Gasteiger partial charge in [0.1, 0.15) is 0 Å². The fourth-order valence-electron chi connectivity index (χ4n) is 2.84. The topological polar surface area (TPSA) is 55.8 Å². The molecular weight excluding hydrogens is 534 g/mol. The molecule has 0 saturated carbocycles. The van der Waals surface area contributed by atoms with Crippen LogP contribution in [0.25, 0.3) is 6.08 Å². The minimum absolute atomic E-state index is 0.243. The maximum atomic E-state index is 12.8. The van der Waals surface area contributed by atoms with Gasteiger partial charge in [0.2, 0.25) is 0 Å². The lowest BCUT2D eigenvalue weighted by atomic mass is 10.1. The normalized spacial score (nSPS) is 15.2. The van der Waals surface area contributed by atoms with E-state index in [1.165, 1.54) is 4.90 Å². The Morgan fingerprint density at radius 3 is 2.47 bits per heavy atom. The Morgan fingerprint density at radius 1 is 1.07 bits per heavy atom. The number of hydrogen-bond donors (Lipinski definition) is 0. The second kappa shape index (κ2) is 10.5. The third-order valence-electron chi connectivity index (χ3n) is 4.21. The van der Waals surface area contributed by atoms with Gasteiger partial charge in [0.25, 0.3) is 11.1 Å². The van der Waals surface area contributed by atoms with Gasteiger partial charge in [-0.25, -0.2) is 0 Å². The summed E-state index contributed by atoms with van der Waals surface area (Å²) >= 11 is 7.86. The first-order valence-corrected chi connectivity index (χ1v) is 11.9. The van der Waals surface area contributed by atoms with Crippen LogP contribution in [0, 0.1) is 0 Å². The van der Waals surface area contributed by atoms with E-state index in [0.29, 0.717) is 29.6 Å². The van der Waals surface area contributed by atoms with Crippen LogP contribution < -0.4 is 9.47 Å². The van der Waals surface area contributed by atoms with Gasteiger partial charge in [-0.05, 0) is 82.5 Å². The highest BCUT2D eigenvalue weighted by atomic mass is 79.9. The van der Waals surface area contributed by atoms with Crippen LogP contribution in [0.2, 0.25) is 0 Å². The summed E-state index contributed by atoms with van der Waals surface area (Å²) < 4.78 is 13.2. The predicted octanol–water partition coefficient (Wildman–Crippen LogP) is 6.64. The summed E-state index contributed by atoms with van der Waals surface area (Å²) in [7, 11) is 0. The van der Waals surface area contributed by atoms with Gasteiger partial charge >= 0.3 is 0 Å². The van der Waals surface area contributed by atoms with Crippen LogP contribution in [0.4, 0.5) is 4.79 Å². The molecule has 5 nitrogen and oxygen atoms in total. The van der Waals surface area contributed by atoms with Crippen molar-refractivity contribution in [2.75, 3.05) is 13.2 Å². The Kier molecular flexibility index (Phi) is 8.02. The number of rotatable bonds is 8. The molecule has 0 radical (unpaired) electrons. The monoisotopic (exact) mass is 553 g/mol. The van der Waals surface area contributed by atoms with Gasteiger partial charge in [-0.3, -0.25) is 14.5 Å². The zero-order valence-electron chi connectivity index (χ0n) is 16.6. The molecule has 0 aromatic heterocycles. The number of carbonyl (C=O) groups is 2. The third kappa shape index (κ3) is 5.47. The van der Waals surface area contributed by atoms with Gasteiger partial charge in [0.05, 0.1) is 29.1 Å². The summed E-state index contributed by atoms with van der Waals surface area (Å²) in [6.07, 6.45) is 2.59. The summed E-state index contributed by atoms with van der Waals surface area (Å²) in [5, 5.41) is -0.277. The Hall–Kier alpha value is -1.77. The van der Waals surface area contributed by atoms with Crippen LogP contribution in [0.5, 0.6) is 11.5 Å². The molecule has 0 aliphatic carbocycles. The Morgan fingerprint density at radius 2 is 1.80 bits per heavy atom. The molecule has 0 bridgehead atoms. The van der Waals surface area contributed by atoms with Crippen molar-refractivity contribution in [3.8, 4) is 11.5 Å². The SMILES string of the molecule is CCCOc1c(Br)cc(/C=C2\SC(=O)N(Cc3ccc(Br)cc3)C2=O)cc1OCC. The molecule has 2 aromatic rings. The highest BCUT2D eigenvalue weighted by molar-refractivity contribution is 9.10. The molecule has 30 heavy (non-hydrogen) atoms. The van der Waals surface area contributed by atoms with E-state index in [-0.39, 0.29) is 17.7 Å². The van der Waals surface area contributed by atoms with Gasteiger partial charge in [0, 0.05) is 4.47 Å². The van der Waals surface area contributed by atoms with Crippen LogP contribution in [0.1, 0.15) is 31.4 Å². The van der Waals surface area contributed by atoms with E-state index in [9.17, 15) is 9.59 Å². The lowest BCUT2D eigenvalue weighted by molar-refractivity contribution is -0.123. The van der Waals surface area contributed by atoms with Crippen LogP contribution >= 0.6 is 43.6 Å². The number of carbonyl (C=O) groups excluding carboxylic acids is 2. The van der Waals surface area contributed by atoms with Crippen molar-refractivity contribution in [1.82, 2.24) is 4.90 Å². The smallest absolute Gasteiger partial charge is 0.293 e. The molecule has 1 heterocycles. The molecule has 1 fully saturated rings. The van der Waals surface area contributed by atoms with Crippen molar-refractivity contribution in [1.29, 1.82) is 0 Å². The van der Waals surface area contributed by atoms with Crippen molar-refractivity contribution in [2.45, 2.75) is 26.8 Å². The fourth-order valence-corrected chi connectivity index (χ4v) is 4.52.